The Kier molecular flexibility index (Phi) is 5.38. The smallest absolute Gasteiger partial charge is 0.119 e. The first-order valence-corrected chi connectivity index (χ1v) is 5.45. The second-order valence-corrected chi connectivity index (χ2v) is 5.61. The van der Waals surface area contributed by atoms with Gasteiger partial charge in [0.25, 0.3) is 0 Å². The SMILES string of the molecule is CC(O)CCC(O)(CC(=O)[O-])C[N+](C)(C)C. The van der Waals surface area contributed by atoms with Gasteiger partial charge in [0.1, 0.15) is 12.1 Å². The normalized spacial score (nSPS) is 17.9. The van der Waals surface area contributed by atoms with Crippen LogP contribution in [0.25, 0.3) is 0 Å². The Balaban J connectivity index is 4.54. The highest BCUT2D eigenvalue weighted by Gasteiger charge is 2.33. The van der Waals surface area contributed by atoms with Crippen LogP contribution < -0.4 is 5.11 Å². The zero-order valence-corrected chi connectivity index (χ0v) is 10.6. The molecule has 2 atom stereocenters. The van der Waals surface area contributed by atoms with E-state index in [1.807, 2.05) is 21.1 Å². The molecule has 2 N–H and O–H groups in total. The largest absolute Gasteiger partial charge is 0.550 e. The molecule has 0 saturated heterocycles. The van der Waals surface area contributed by atoms with Gasteiger partial charge in [-0.3, -0.25) is 0 Å². The number of nitrogens with zero attached hydrogens (tertiary/aromatic N) is 1. The van der Waals surface area contributed by atoms with E-state index in [0.29, 0.717) is 17.4 Å². The van der Waals surface area contributed by atoms with E-state index in [1.165, 1.54) is 0 Å². The van der Waals surface area contributed by atoms with Gasteiger partial charge in [0.05, 0.1) is 27.2 Å². The molecule has 16 heavy (non-hydrogen) atoms. The Hall–Kier alpha value is -0.650. The minimum absolute atomic E-state index is 0.258. The van der Waals surface area contributed by atoms with Crippen LogP contribution in [-0.4, -0.2) is 60.1 Å². The first-order valence-electron chi connectivity index (χ1n) is 5.45. The van der Waals surface area contributed by atoms with Crippen LogP contribution >= 0.6 is 0 Å². The van der Waals surface area contributed by atoms with Gasteiger partial charge in [-0.2, -0.15) is 0 Å². The lowest BCUT2D eigenvalue weighted by molar-refractivity contribution is -0.877. The molecular weight excluding hydrogens is 210 g/mol. The fourth-order valence-electron chi connectivity index (χ4n) is 1.85. The molecule has 96 valence electrons. The molecule has 0 radical (unpaired) electrons. The fraction of sp³-hybridized carbons (Fsp3) is 0.909. The standard InChI is InChI=1S/C11H23NO4/c1-9(13)5-6-11(16,7-10(14)15)8-12(2,3)4/h9,13,16H,5-8H2,1-4H3. The van der Waals surface area contributed by atoms with Crippen molar-refractivity contribution < 1.29 is 24.6 Å². The van der Waals surface area contributed by atoms with E-state index in [0.717, 1.165) is 0 Å². The average Bonchev–Trinajstić information content (AvgIpc) is 1.95. The molecule has 0 aliphatic rings. The Morgan fingerprint density at radius 1 is 1.44 bits per heavy atom. The minimum Gasteiger partial charge on any atom is -0.550 e. The van der Waals surface area contributed by atoms with Crippen LogP contribution in [0.5, 0.6) is 0 Å². The lowest BCUT2D eigenvalue weighted by atomic mass is 9.91. The van der Waals surface area contributed by atoms with Gasteiger partial charge < -0.3 is 24.6 Å². The summed E-state index contributed by atoms with van der Waals surface area (Å²) in [5.74, 6) is -1.26. The number of aliphatic carboxylic acids is 1. The molecule has 0 aromatic rings. The highest BCUT2D eigenvalue weighted by atomic mass is 16.4. The maximum Gasteiger partial charge on any atom is 0.119 e. The number of aliphatic hydroxyl groups is 2. The molecule has 0 aliphatic heterocycles. The van der Waals surface area contributed by atoms with Crippen molar-refractivity contribution in [2.45, 2.75) is 37.9 Å². The highest BCUT2D eigenvalue weighted by Crippen LogP contribution is 2.21. The van der Waals surface area contributed by atoms with Crippen LogP contribution in [0.1, 0.15) is 26.2 Å². The summed E-state index contributed by atoms with van der Waals surface area (Å²) < 4.78 is 0.462. The van der Waals surface area contributed by atoms with Crippen molar-refractivity contribution in [3.8, 4) is 0 Å². The van der Waals surface area contributed by atoms with Gasteiger partial charge in [-0.05, 0) is 19.8 Å². The van der Waals surface area contributed by atoms with Crippen molar-refractivity contribution >= 4 is 5.97 Å². The number of carboxylic acid groups (broad SMARTS) is 1. The van der Waals surface area contributed by atoms with Crippen LogP contribution in [-0.2, 0) is 4.79 Å². The molecule has 0 fully saturated rings. The number of carbonyl (C=O) groups excluding carboxylic acids is 1. The molecule has 0 heterocycles. The second kappa shape index (κ2) is 5.61. The minimum atomic E-state index is -1.31. The van der Waals surface area contributed by atoms with Crippen molar-refractivity contribution in [3.05, 3.63) is 0 Å². The van der Waals surface area contributed by atoms with Gasteiger partial charge in [0.15, 0.2) is 0 Å². The zero-order valence-electron chi connectivity index (χ0n) is 10.6. The molecule has 0 aromatic heterocycles. The molecule has 0 aromatic carbocycles. The summed E-state index contributed by atoms with van der Waals surface area (Å²) >= 11 is 0. The Morgan fingerprint density at radius 2 is 1.94 bits per heavy atom. The van der Waals surface area contributed by atoms with Gasteiger partial charge in [-0.25, -0.2) is 0 Å². The van der Waals surface area contributed by atoms with E-state index < -0.39 is 24.1 Å². The molecule has 0 saturated carbocycles. The van der Waals surface area contributed by atoms with E-state index >= 15 is 0 Å². The molecule has 0 rings (SSSR count). The quantitative estimate of drug-likeness (QED) is 0.537. The average molecular weight is 233 g/mol. The van der Waals surface area contributed by atoms with E-state index in [2.05, 4.69) is 0 Å². The summed E-state index contributed by atoms with van der Waals surface area (Å²) in [7, 11) is 5.63. The summed E-state index contributed by atoms with van der Waals surface area (Å²) in [6.45, 7) is 1.93. The number of aliphatic hydroxyl groups excluding tert-OH is 1. The van der Waals surface area contributed by atoms with E-state index in [4.69, 9.17) is 5.11 Å². The topological polar surface area (TPSA) is 80.6 Å². The maximum absolute atomic E-state index is 10.6. The molecule has 5 nitrogen and oxygen atoms in total. The first-order chi connectivity index (χ1) is 7.04. The number of likely N-dealkylation sites (N-methyl/N-ethyl adjacent to an activating group) is 1. The van der Waals surface area contributed by atoms with Crippen LogP contribution in [0, 0.1) is 0 Å². The number of hydrogen-bond donors (Lipinski definition) is 2. The fourth-order valence-corrected chi connectivity index (χ4v) is 1.85. The molecule has 5 heteroatoms. The van der Waals surface area contributed by atoms with Crippen LogP contribution in [0.2, 0.25) is 0 Å². The van der Waals surface area contributed by atoms with Gasteiger partial charge in [-0.15, -0.1) is 0 Å². The lowest BCUT2D eigenvalue weighted by Gasteiger charge is -2.36. The summed E-state index contributed by atoms with van der Waals surface area (Å²) in [6, 6.07) is 0. The van der Waals surface area contributed by atoms with E-state index in [1.54, 1.807) is 6.92 Å². The van der Waals surface area contributed by atoms with Crippen molar-refractivity contribution in [3.63, 3.8) is 0 Å². The van der Waals surface area contributed by atoms with Crippen molar-refractivity contribution in [1.29, 1.82) is 0 Å². The summed E-state index contributed by atoms with van der Waals surface area (Å²) in [4.78, 5) is 10.6. The predicted molar refractivity (Wildman–Crippen MR) is 58.4 cm³/mol. The number of hydrogen-bond acceptors (Lipinski definition) is 4. The third-order valence-electron chi connectivity index (χ3n) is 2.27. The van der Waals surface area contributed by atoms with Crippen LogP contribution in [0.15, 0.2) is 0 Å². The molecule has 0 spiro atoms. The number of carbonyl (C=O) groups is 1. The second-order valence-electron chi connectivity index (χ2n) is 5.61. The Bertz CT molecular complexity index is 235. The number of rotatable bonds is 7. The van der Waals surface area contributed by atoms with Crippen LogP contribution in [0.4, 0.5) is 0 Å². The van der Waals surface area contributed by atoms with Crippen LogP contribution in [0.3, 0.4) is 0 Å². The zero-order chi connectivity index (χ0) is 13.0. The van der Waals surface area contributed by atoms with Crippen molar-refractivity contribution in [2.75, 3.05) is 27.7 Å². The molecule has 2 unspecified atom stereocenters. The van der Waals surface area contributed by atoms with E-state index in [9.17, 15) is 15.0 Å². The molecular formula is C11H23NO4. The van der Waals surface area contributed by atoms with Gasteiger partial charge in [-0.1, -0.05) is 0 Å². The molecule has 0 amide bonds. The molecule has 0 aliphatic carbocycles. The summed E-state index contributed by atoms with van der Waals surface area (Å²) in [5.41, 5.74) is -1.31. The predicted octanol–water partition coefficient (Wildman–Crippen LogP) is -1.28. The number of carboxylic acids is 1. The lowest BCUT2D eigenvalue weighted by Crippen LogP contribution is -2.51. The van der Waals surface area contributed by atoms with Gasteiger partial charge in [0, 0.05) is 12.4 Å². The third kappa shape index (κ3) is 7.62. The summed E-state index contributed by atoms with van der Waals surface area (Å²) in [5, 5.41) is 30.0. The maximum atomic E-state index is 10.6. The monoisotopic (exact) mass is 233 g/mol. The summed E-state index contributed by atoms with van der Waals surface area (Å²) in [6.07, 6.45) is -0.298. The Morgan fingerprint density at radius 3 is 2.25 bits per heavy atom. The van der Waals surface area contributed by atoms with Gasteiger partial charge in [0.2, 0.25) is 0 Å². The Labute approximate surface area is 96.9 Å². The third-order valence-corrected chi connectivity index (χ3v) is 2.27. The van der Waals surface area contributed by atoms with Gasteiger partial charge >= 0.3 is 0 Å². The number of quaternary nitrogens is 1. The highest BCUT2D eigenvalue weighted by molar-refractivity contribution is 5.65. The van der Waals surface area contributed by atoms with Crippen molar-refractivity contribution in [2.24, 2.45) is 0 Å². The first kappa shape index (κ1) is 15.3. The van der Waals surface area contributed by atoms with Crippen molar-refractivity contribution in [1.82, 2.24) is 0 Å². The molecule has 0 bridgehead atoms. The van der Waals surface area contributed by atoms with E-state index in [-0.39, 0.29) is 6.42 Å².